The van der Waals surface area contributed by atoms with Crippen molar-refractivity contribution >= 4 is 34.2 Å². The van der Waals surface area contributed by atoms with Gasteiger partial charge in [-0.25, -0.2) is 0 Å². The van der Waals surface area contributed by atoms with Crippen LogP contribution in [-0.2, 0) is 0 Å². The predicted molar refractivity (Wildman–Crippen MR) is 80.1 cm³/mol. The third-order valence-electron chi connectivity index (χ3n) is 3.08. The number of aliphatic hydroxyl groups excluding tert-OH is 1. The van der Waals surface area contributed by atoms with Crippen molar-refractivity contribution in [2.75, 3.05) is 0 Å². The van der Waals surface area contributed by atoms with Gasteiger partial charge < -0.3 is 5.11 Å². The third-order valence-corrected chi connectivity index (χ3v) is 3.82. The highest BCUT2D eigenvalue weighted by atomic mass is 35.5. The first kappa shape index (κ1) is 13.3. The molecule has 0 radical (unpaired) electrons. The Kier molecular flexibility index (Phi) is 3.57. The molecule has 1 aromatic heterocycles. The van der Waals surface area contributed by atoms with Crippen LogP contribution >= 0.6 is 23.2 Å². The van der Waals surface area contributed by atoms with Gasteiger partial charge in [0.15, 0.2) is 0 Å². The molecule has 0 fully saturated rings. The second kappa shape index (κ2) is 5.37. The van der Waals surface area contributed by atoms with Gasteiger partial charge in [0, 0.05) is 18.0 Å². The maximum Gasteiger partial charge on any atom is 0.106 e. The van der Waals surface area contributed by atoms with Crippen LogP contribution in [0.5, 0.6) is 0 Å². The highest BCUT2D eigenvalue weighted by Gasteiger charge is 2.15. The molecule has 2 aromatic carbocycles. The average Bonchev–Trinajstić information content (AvgIpc) is 2.49. The van der Waals surface area contributed by atoms with E-state index in [9.17, 15) is 5.11 Å². The van der Waals surface area contributed by atoms with E-state index in [4.69, 9.17) is 23.2 Å². The summed E-state index contributed by atoms with van der Waals surface area (Å²) in [6.07, 6.45) is 2.40. The average molecular weight is 305 g/mol. The van der Waals surface area contributed by atoms with Gasteiger partial charge in [-0.1, -0.05) is 41.4 Å². The zero-order valence-corrected chi connectivity index (χ0v) is 11.8. The molecule has 0 amide bonds. The van der Waals surface area contributed by atoms with Crippen LogP contribution in [0.2, 0.25) is 10.0 Å². The molecule has 1 atom stereocenters. The van der Waals surface area contributed by atoms with Crippen molar-refractivity contribution in [3.63, 3.8) is 0 Å². The van der Waals surface area contributed by atoms with E-state index in [1.54, 1.807) is 30.6 Å². The van der Waals surface area contributed by atoms with Crippen molar-refractivity contribution in [2.24, 2.45) is 0 Å². The van der Waals surface area contributed by atoms with E-state index >= 15 is 0 Å². The molecule has 1 unspecified atom stereocenters. The number of benzene rings is 2. The minimum absolute atomic E-state index is 0.412. The number of aliphatic hydroxyl groups is 1. The second-order valence-corrected chi connectivity index (χ2v) is 5.16. The van der Waals surface area contributed by atoms with Gasteiger partial charge in [-0.05, 0) is 23.8 Å². The summed E-state index contributed by atoms with van der Waals surface area (Å²) in [5.74, 6) is 0. The molecule has 3 rings (SSSR count). The summed E-state index contributed by atoms with van der Waals surface area (Å²) in [7, 11) is 0. The van der Waals surface area contributed by atoms with Gasteiger partial charge in [-0.2, -0.15) is 0 Å². The molecule has 0 aliphatic carbocycles. The Hall–Kier alpha value is -1.68. The van der Waals surface area contributed by atoms with Gasteiger partial charge in [0.05, 0.1) is 21.1 Å². The third kappa shape index (κ3) is 2.36. The van der Waals surface area contributed by atoms with Gasteiger partial charge in [0.1, 0.15) is 6.10 Å². The van der Waals surface area contributed by atoms with E-state index in [1.807, 2.05) is 18.2 Å². The number of hydrogen-bond donors (Lipinski definition) is 1. The molecule has 0 aliphatic heterocycles. The Labute approximate surface area is 125 Å². The lowest BCUT2D eigenvalue weighted by Crippen LogP contribution is -2.02. The molecule has 0 spiro atoms. The van der Waals surface area contributed by atoms with E-state index in [2.05, 4.69) is 9.97 Å². The fourth-order valence-corrected chi connectivity index (χ4v) is 2.40. The smallest absolute Gasteiger partial charge is 0.106 e. The number of aromatic nitrogens is 2. The van der Waals surface area contributed by atoms with Crippen molar-refractivity contribution in [2.45, 2.75) is 6.10 Å². The SMILES string of the molecule is OC(c1ccc(Cl)c(Cl)c1)c1cccc2nccnc12. The number of halogens is 2. The van der Waals surface area contributed by atoms with Crippen molar-refractivity contribution in [3.05, 3.63) is 70.0 Å². The van der Waals surface area contributed by atoms with Crippen LogP contribution in [0, 0.1) is 0 Å². The van der Waals surface area contributed by atoms with Gasteiger partial charge in [0.25, 0.3) is 0 Å². The lowest BCUT2D eigenvalue weighted by molar-refractivity contribution is 0.221. The molecular formula is C15H10Cl2N2O. The molecule has 0 aliphatic rings. The van der Waals surface area contributed by atoms with Gasteiger partial charge in [-0.3, -0.25) is 9.97 Å². The van der Waals surface area contributed by atoms with E-state index in [-0.39, 0.29) is 0 Å². The van der Waals surface area contributed by atoms with E-state index in [1.165, 1.54) is 0 Å². The Morgan fingerprint density at radius 1 is 0.950 bits per heavy atom. The lowest BCUT2D eigenvalue weighted by Gasteiger charge is -2.13. The van der Waals surface area contributed by atoms with Crippen molar-refractivity contribution in [1.29, 1.82) is 0 Å². The standard InChI is InChI=1S/C15H10Cl2N2O/c16-11-5-4-9(8-12(11)17)15(20)10-2-1-3-13-14(10)19-7-6-18-13/h1-8,15,20H. The minimum Gasteiger partial charge on any atom is -0.384 e. The highest BCUT2D eigenvalue weighted by molar-refractivity contribution is 6.42. The number of hydrogen-bond acceptors (Lipinski definition) is 3. The number of nitrogens with zero attached hydrogens (tertiary/aromatic N) is 2. The topological polar surface area (TPSA) is 46.0 Å². The van der Waals surface area contributed by atoms with E-state index in [0.717, 1.165) is 5.52 Å². The molecule has 3 aromatic rings. The first-order chi connectivity index (χ1) is 9.66. The van der Waals surface area contributed by atoms with E-state index < -0.39 is 6.10 Å². The molecule has 0 saturated heterocycles. The summed E-state index contributed by atoms with van der Waals surface area (Å²) in [6.45, 7) is 0. The largest absolute Gasteiger partial charge is 0.384 e. The van der Waals surface area contributed by atoms with Gasteiger partial charge in [-0.15, -0.1) is 0 Å². The number of fused-ring (bicyclic) bond motifs is 1. The normalized spacial score (nSPS) is 12.6. The summed E-state index contributed by atoms with van der Waals surface area (Å²) < 4.78 is 0. The van der Waals surface area contributed by atoms with Crippen LogP contribution in [0.15, 0.2) is 48.8 Å². The monoisotopic (exact) mass is 304 g/mol. The van der Waals surface area contributed by atoms with Crippen LogP contribution in [0.1, 0.15) is 17.2 Å². The van der Waals surface area contributed by atoms with Crippen molar-refractivity contribution in [3.8, 4) is 0 Å². The molecular weight excluding hydrogens is 295 g/mol. The zero-order chi connectivity index (χ0) is 14.1. The van der Waals surface area contributed by atoms with E-state index in [0.29, 0.717) is 26.7 Å². The minimum atomic E-state index is -0.829. The molecule has 100 valence electrons. The Morgan fingerprint density at radius 3 is 2.55 bits per heavy atom. The maximum absolute atomic E-state index is 10.5. The summed E-state index contributed by atoms with van der Waals surface area (Å²) in [4.78, 5) is 8.51. The number of para-hydroxylation sites is 1. The van der Waals surface area contributed by atoms with Gasteiger partial charge in [0.2, 0.25) is 0 Å². The van der Waals surface area contributed by atoms with Crippen LogP contribution in [-0.4, -0.2) is 15.1 Å². The van der Waals surface area contributed by atoms with Crippen molar-refractivity contribution in [1.82, 2.24) is 9.97 Å². The Bertz CT molecular complexity index is 771. The quantitative estimate of drug-likeness (QED) is 0.778. The zero-order valence-electron chi connectivity index (χ0n) is 10.3. The predicted octanol–water partition coefficient (Wildman–Crippen LogP) is 4.02. The number of rotatable bonds is 2. The Balaban J connectivity index is 2.12. The fourth-order valence-electron chi connectivity index (χ4n) is 2.10. The van der Waals surface area contributed by atoms with Crippen LogP contribution < -0.4 is 0 Å². The highest BCUT2D eigenvalue weighted by Crippen LogP contribution is 2.31. The second-order valence-electron chi connectivity index (χ2n) is 4.35. The lowest BCUT2D eigenvalue weighted by atomic mass is 10.00. The fraction of sp³-hybridized carbons (Fsp3) is 0.0667. The van der Waals surface area contributed by atoms with Crippen LogP contribution in [0.4, 0.5) is 0 Å². The van der Waals surface area contributed by atoms with Crippen LogP contribution in [0.25, 0.3) is 11.0 Å². The summed E-state index contributed by atoms with van der Waals surface area (Å²) >= 11 is 11.9. The molecule has 1 N–H and O–H groups in total. The molecule has 3 nitrogen and oxygen atoms in total. The molecule has 0 bridgehead atoms. The summed E-state index contributed by atoms with van der Waals surface area (Å²) in [5.41, 5.74) is 2.77. The first-order valence-corrected chi connectivity index (χ1v) is 6.75. The molecule has 1 heterocycles. The summed E-state index contributed by atoms with van der Waals surface area (Å²) in [5, 5.41) is 11.4. The van der Waals surface area contributed by atoms with Crippen LogP contribution in [0.3, 0.4) is 0 Å². The molecule has 5 heteroatoms. The van der Waals surface area contributed by atoms with Crippen molar-refractivity contribution < 1.29 is 5.11 Å². The first-order valence-electron chi connectivity index (χ1n) is 5.99. The Morgan fingerprint density at radius 2 is 1.75 bits per heavy atom. The summed E-state index contributed by atoms with van der Waals surface area (Å²) in [6, 6.07) is 10.6. The molecule has 0 saturated carbocycles. The molecule has 20 heavy (non-hydrogen) atoms. The maximum atomic E-state index is 10.5. The van der Waals surface area contributed by atoms with Gasteiger partial charge >= 0.3 is 0 Å².